The minimum Gasteiger partial charge on any atom is -0.361 e. The fourth-order valence-electron chi connectivity index (χ4n) is 1.10. The highest BCUT2D eigenvalue weighted by atomic mass is 16.1. The van der Waals surface area contributed by atoms with Gasteiger partial charge in [0.2, 0.25) is 6.08 Å². The van der Waals surface area contributed by atoms with Crippen LogP contribution in [0.5, 0.6) is 0 Å². The van der Waals surface area contributed by atoms with Gasteiger partial charge in [0, 0.05) is 17.8 Å². The van der Waals surface area contributed by atoms with Gasteiger partial charge in [0.05, 0.1) is 5.52 Å². The summed E-state index contributed by atoms with van der Waals surface area (Å²) < 4.78 is 0. The molecular weight excluding hydrogens is 154 g/mol. The van der Waals surface area contributed by atoms with Crippen molar-refractivity contribution in [1.82, 2.24) is 9.97 Å². The summed E-state index contributed by atoms with van der Waals surface area (Å²) in [5, 5.41) is 0.834. The molecule has 4 heteroatoms. The van der Waals surface area contributed by atoms with Crippen molar-refractivity contribution < 1.29 is 4.79 Å². The van der Waals surface area contributed by atoms with Crippen molar-refractivity contribution in [3.05, 3.63) is 24.5 Å². The van der Waals surface area contributed by atoms with Crippen LogP contribution in [0, 0.1) is 0 Å². The molecule has 0 atom stereocenters. The van der Waals surface area contributed by atoms with E-state index in [2.05, 4.69) is 15.0 Å². The van der Waals surface area contributed by atoms with Crippen LogP contribution in [0.15, 0.2) is 29.5 Å². The van der Waals surface area contributed by atoms with E-state index in [0.717, 1.165) is 10.9 Å². The number of isocyanates is 1. The van der Waals surface area contributed by atoms with Gasteiger partial charge in [-0.05, 0) is 12.1 Å². The molecule has 0 bridgehead atoms. The molecule has 0 fully saturated rings. The molecule has 2 aromatic heterocycles. The van der Waals surface area contributed by atoms with Gasteiger partial charge in [-0.15, -0.1) is 4.99 Å². The van der Waals surface area contributed by atoms with Crippen molar-refractivity contribution in [3.63, 3.8) is 0 Å². The summed E-state index contributed by atoms with van der Waals surface area (Å²) in [6.45, 7) is 0. The third-order valence-electron chi connectivity index (χ3n) is 1.61. The molecule has 0 unspecified atom stereocenters. The number of rotatable bonds is 1. The van der Waals surface area contributed by atoms with Crippen molar-refractivity contribution in [1.29, 1.82) is 0 Å². The van der Waals surface area contributed by atoms with Crippen LogP contribution < -0.4 is 0 Å². The largest absolute Gasteiger partial charge is 0.361 e. The Balaban J connectivity index is 2.81. The zero-order valence-electron chi connectivity index (χ0n) is 6.11. The van der Waals surface area contributed by atoms with Gasteiger partial charge in [0.25, 0.3) is 0 Å². The first-order valence-corrected chi connectivity index (χ1v) is 3.42. The fraction of sp³-hybridized carbons (Fsp3) is 0. The van der Waals surface area contributed by atoms with E-state index >= 15 is 0 Å². The Morgan fingerprint density at radius 3 is 3.25 bits per heavy atom. The molecule has 2 rings (SSSR count). The highest BCUT2D eigenvalue weighted by Gasteiger charge is 1.99. The molecule has 0 saturated heterocycles. The summed E-state index contributed by atoms with van der Waals surface area (Å²) >= 11 is 0. The average molecular weight is 159 g/mol. The van der Waals surface area contributed by atoms with Gasteiger partial charge in [-0.25, -0.2) is 9.78 Å². The number of hydrogen-bond acceptors (Lipinski definition) is 3. The lowest BCUT2D eigenvalue weighted by atomic mass is 10.3. The zero-order valence-corrected chi connectivity index (χ0v) is 6.11. The quantitative estimate of drug-likeness (QED) is 0.506. The first kappa shape index (κ1) is 6.76. The number of nitrogens with zero attached hydrogens (tertiary/aromatic N) is 2. The Labute approximate surface area is 68.0 Å². The third-order valence-corrected chi connectivity index (χ3v) is 1.61. The SMILES string of the molecule is O=C=Nc1nccc2[nH]ccc12. The minimum atomic E-state index is 0.406. The number of aliphatic imine (C=N–C) groups is 1. The molecule has 0 aliphatic heterocycles. The Bertz CT molecular complexity index is 454. The smallest absolute Gasteiger partial charge is 0.242 e. The number of aromatic amines is 1. The van der Waals surface area contributed by atoms with Crippen LogP contribution in [0.4, 0.5) is 5.82 Å². The van der Waals surface area contributed by atoms with Gasteiger partial charge in [-0.3, -0.25) is 0 Å². The summed E-state index contributed by atoms with van der Waals surface area (Å²) in [4.78, 5) is 20.4. The summed E-state index contributed by atoms with van der Waals surface area (Å²) in [6, 6.07) is 3.64. The van der Waals surface area contributed by atoms with E-state index in [1.165, 1.54) is 6.08 Å². The standard InChI is InChI=1S/C8H5N3O/c12-5-11-8-6-1-3-9-7(6)2-4-10-8/h1-4,9H. The normalized spacial score (nSPS) is 9.67. The van der Waals surface area contributed by atoms with Gasteiger partial charge >= 0.3 is 0 Å². The van der Waals surface area contributed by atoms with Crippen molar-refractivity contribution in [2.24, 2.45) is 4.99 Å². The van der Waals surface area contributed by atoms with Crippen LogP contribution in [0.1, 0.15) is 0 Å². The number of hydrogen-bond donors (Lipinski definition) is 1. The summed E-state index contributed by atoms with van der Waals surface area (Å²) in [7, 11) is 0. The van der Waals surface area contributed by atoms with Crippen LogP contribution in [-0.2, 0) is 4.79 Å². The molecule has 1 N–H and O–H groups in total. The predicted molar refractivity (Wildman–Crippen MR) is 43.9 cm³/mol. The number of aromatic nitrogens is 2. The number of carbonyl (C=O) groups excluding carboxylic acids is 1. The van der Waals surface area contributed by atoms with E-state index in [0.29, 0.717) is 5.82 Å². The van der Waals surface area contributed by atoms with Crippen molar-refractivity contribution >= 4 is 22.8 Å². The maximum atomic E-state index is 10.00. The molecule has 0 aromatic carbocycles. The monoisotopic (exact) mass is 159 g/mol. The lowest BCUT2D eigenvalue weighted by Gasteiger charge is -1.90. The molecule has 2 heterocycles. The molecule has 4 nitrogen and oxygen atoms in total. The van der Waals surface area contributed by atoms with Gasteiger partial charge in [-0.1, -0.05) is 0 Å². The van der Waals surface area contributed by atoms with Crippen LogP contribution in [0.2, 0.25) is 0 Å². The molecule has 0 radical (unpaired) electrons. The first-order valence-electron chi connectivity index (χ1n) is 3.42. The van der Waals surface area contributed by atoms with Gasteiger partial charge in [0.15, 0.2) is 5.82 Å². The van der Waals surface area contributed by atoms with Crippen LogP contribution >= 0.6 is 0 Å². The summed E-state index contributed by atoms with van der Waals surface area (Å²) in [6.07, 6.45) is 4.83. The van der Waals surface area contributed by atoms with Gasteiger partial charge in [-0.2, -0.15) is 0 Å². The molecule has 0 saturated carbocycles. The molecule has 0 aliphatic carbocycles. The molecule has 0 aliphatic rings. The summed E-state index contributed by atoms with van der Waals surface area (Å²) in [5.41, 5.74) is 0.916. The Kier molecular flexibility index (Phi) is 1.47. The molecule has 2 aromatic rings. The molecule has 0 amide bonds. The lowest BCUT2D eigenvalue weighted by Crippen LogP contribution is -1.73. The summed E-state index contributed by atoms with van der Waals surface area (Å²) in [5.74, 6) is 0.406. The second kappa shape index (κ2) is 2.60. The minimum absolute atomic E-state index is 0.406. The molecule has 0 spiro atoms. The van der Waals surface area contributed by atoms with E-state index in [-0.39, 0.29) is 0 Å². The molecule has 12 heavy (non-hydrogen) atoms. The van der Waals surface area contributed by atoms with E-state index in [9.17, 15) is 4.79 Å². The Morgan fingerprint density at radius 1 is 1.50 bits per heavy atom. The highest BCUT2D eigenvalue weighted by Crippen LogP contribution is 2.20. The second-order valence-corrected chi connectivity index (χ2v) is 2.28. The lowest BCUT2D eigenvalue weighted by molar-refractivity contribution is 0.565. The van der Waals surface area contributed by atoms with Crippen LogP contribution in [0.25, 0.3) is 10.9 Å². The highest BCUT2D eigenvalue weighted by molar-refractivity contribution is 5.88. The fourth-order valence-corrected chi connectivity index (χ4v) is 1.10. The van der Waals surface area contributed by atoms with Crippen molar-refractivity contribution in [3.8, 4) is 0 Å². The third kappa shape index (κ3) is 0.909. The van der Waals surface area contributed by atoms with Gasteiger partial charge in [0.1, 0.15) is 0 Å². The van der Waals surface area contributed by atoms with E-state index in [1.807, 2.05) is 12.1 Å². The van der Waals surface area contributed by atoms with Crippen LogP contribution in [0.3, 0.4) is 0 Å². The number of nitrogens with one attached hydrogen (secondary N) is 1. The van der Waals surface area contributed by atoms with E-state index < -0.39 is 0 Å². The average Bonchev–Trinajstić information content (AvgIpc) is 2.53. The van der Waals surface area contributed by atoms with Crippen molar-refractivity contribution in [2.75, 3.05) is 0 Å². The molecule has 58 valence electrons. The maximum Gasteiger partial charge on any atom is 0.242 e. The van der Waals surface area contributed by atoms with E-state index in [4.69, 9.17) is 0 Å². The Hall–Kier alpha value is -1.93. The molecular formula is C8H5N3O. The predicted octanol–water partition coefficient (Wildman–Crippen LogP) is 1.53. The maximum absolute atomic E-state index is 10.00. The number of fused-ring (bicyclic) bond motifs is 1. The zero-order chi connectivity index (χ0) is 8.39. The number of H-pyrrole nitrogens is 1. The van der Waals surface area contributed by atoms with E-state index in [1.54, 1.807) is 12.4 Å². The van der Waals surface area contributed by atoms with Crippen LogP contribution in [-0.4, -0.2) is 16.0 Å². The van der Waals surface area contributed by atoms with Gasteiger partial charge < -0.3 is 4.98 Å². The Morgan fingerprint density at radius 2 is 2.42 bits per heavy atom. The second-order valence-electron chi connectivity index (χ2n) is 2.28. The number of pyridine rings is 1. The topological polar surface area (TPSA) is 58.1 Å². The first-order chi connectivity index (χ1) is 5.92. The van der Waals surface area contributed by atoms with Crippen molar-refractivity contribution in [2.45, 2.75) is 0 Å².